The third-order valence-electron chi connectivity index (χ3n) is 3.78. The maximum Gasteiger partial charge on any atom is 0.414 e. The molecule has 2 aromatic rings. The van der Waals surface area contributed by atoms with Crippen molar-refractivity contribution in [2.75, 3.05) is 11.4 Å². The minimum atomic E-state index is -0.466. The number of aromatic nitrogens is 1. The highest BCUT2D eigenvalue weighted by Gasteiger charge is 2.29. The fraction of sp³-hybridized carbons (Fsp3) is 0.278. The molecule has 5 nitrogen and oxygen atoms in total. The van der Waals surface area contributed by atoms with Crippen molar-refractivity contribution in [1.82, 2.24) is 4.98 Å². The molecule has 130 valence electrons. The number of thioether (sulfide) groups is 1. The molecule has 0 saturated carbocycles. The van der Waals surface area contributed by atoms with Crippen molar-refractivity contribution in [3.05, 3.63) is 48.0 Å². The maximum atomic E-state index is 14.6. The molecule has 1 aromatic heterocycles. The first kappa shape index (κ1) is 17.4. The maximum absolute atomic E-state index is 14.6. The first-order chi connectivity index (χ1) is 11.9. The summed E-state index contributed by atoms with van der Waals surface area (Å²) in [5, 5.41) is 0.00876. The molecule has 1 aliphatic rings. The van der Waals surface area contributed by atoms with Crippen LogP contribution in [0.15, 0.2) is 36.5 Å². The fourth-order valence-corrected chi connectivity index (χ4v) is 3.13. The lowest BCUT2D eigenvalue weighted by Gasteiger charge is -2.14. The molecule has 25 heavy (non-hydrogen) atoms. The summed E-state index contributed by atoms with van der Waals surface area (Å²) in [4.78, 5) is 28.5. The van der Waals surface area contributed by atoms with E-state index < -0.39 is 11.9 Å². The quantitative estimate of drug-likeness (QED) is 0.824. The summed E-state index contributed by atoms with van der Waals surface area (Å²) in [6, 6.07) is 8.14. The van der Waals surface area contributed by atoms with Gasteiger partial charge in [0.25, 0.3) is 0 Å². The van der Waals surface area contributed by atoms with Crippen LogP contribution in [0, 0.1) is 5.82 Å². The Balaban J connectivity index is 1.85. The number of cyclic esters (lactones) is 1. The van der Waals surface area contributed by atoms with Crippen molar-refractivity contribution >= 4 is 28.7 Å². The van der Waals surface area contributed by atoms with Gasteiger partial charge in [0.15, 0.2) is 5.12 Å². The first-order valence-electron chi connectivity index (χ1n) is 7.80. The van der Waals surface area contributed by atoms with Gasteiger partial charge in [-0.3, -0.25) is 14.7 Å². The lowest BCUT2D eigenvalue weighted by Crippen LogP contribution is -2.24. The lowest BCUT2D eigenvalue weighted by atomic mass is 10.0. The molecule has 2 heterocycles. The van der Waals surface area contributed by atoms with Crippen LogP contribution in [-0.4, -0.2) is 28.8 Å². The molecule has 1 amide bonds. The van der Waals surface area contributed by atoms with Gasteiger partial charge in [-0.25, -0.2) is 9.18 Å². The minimum Gasteiger partial charge on any atom is -0.444 e. The Labute approximate surface area is 149 Å². The topological polar surface area (TPSA) is 59.5 Å². The van der Waals surface area contributed by atoms with E-state index in [0.717, 1.165) is 11.8 Å². The number of ether oxygens (including phenoxy) is 1. The highest BCUT2D eigenvalue weighted by Crippen LogP contribution is 2.29. The number of hydrogen-bond acceptors (Lipinski definition) is 5. The third kappa shape index (κ3) is 3.99. The van der Waals surface area contributed by atoms with E-state index in [1.807, 2.05) is 0 Å². The Hall–Kier alpha value is -2.41. The number of nitrogens with zero attached hydrogens (tertiary/aromatic N) is 2. The fourth-order valence-electron chi connectivity index (χ4n) is 2.62. The van der Waals surface area contributed by atoms with Crippen molar-refractivity contribution in [2.24, 2.45) is 0 Å². The molecular formula is C18H17FN2O3S. The standard InChI is InChI=1S/C18H17FN2O3S/c1-11-9-21(18(23)24-11)15-3-4-16(17(19)8-15)13-5-6-20-14(7-13)10-25-12(2)22/h3-8,11H,9-10H2,1-2H3. The molecule has 7 heteroatoms. The van der Waals surface area contributed by atoms with E-state index in [0.29, 0.717) is 34.8 Å². The predicted molar refractivity (Wildman–Crippen MR) is 94.9 cm³/mol. The number of rotatable bonds is 4. The van der Waals surface area contributed by atoms with E-state index in [-0.39, 0.29) is 11.2 Å². The summed E-state index contributed by atoms with van der Waals surface area (Å²) in [5.74, 6) is 0.0154. The second-order valence-corrected chi connectivity index (χ2v) is 6.94. The number of halogens is 1. The average Bonchev–Trinajstić information content (AvgIpc) is 2.91. The summed E-state index contributed by atoms with van der Waals surface area (Å²) in [6.45, 7) is 3.69. The Morgan fingerprint density at radius 2 is 2.20 bits per heavy atom. The number of anilines is 1. The SMILES string of the molecule is CC(=O)SCc1cc(-c2ccc(N3CC(C)OC3=O)cc2F)ccn1. The zero-order chi connectivity index (χ0) is 18.0. The van der Waals surface area contributed by atoms with Crippen LogP contribution in [0.3, 0.4) is 0 Å². The third-order valence-corrected chi connectivity index (χ3v) is 4.62. The zero-order valence-electron chi connectivity index (χ0n) is 13.9. The highest BCUT2D eigenvalue weighted by molar-refractivity contribution is 8.12. The molecule has 0 spiro atoms. The summed E-state index contributed by atoms with van der Waals surface area (Å²) in [7, 11) is 0. The molecule has 0 radical (unpaired) electrons. The van der Waals surface area contributed by atoms with Gasteiger partial charge < -0.3 is 4.74 Å². The molecule has 1 aliphatic heterocycles. The molecule has 1 aromatic carbocycles. The van der Waals surface area contributed by atoms with Crippen LogP contribution in [0.1, 0.15) is 19.5 Å². The number of amides is 1. The summed E-state index contributed by atoms with van der Waals surface area (Å²) >= 11 is 1.16. The summed E-state index contributed by atoms with van der Waals surface area (Å²) < 4.78 is 19.7. The molecular weight excluding hydrogens is 343 g/mol. The van der Waals surface area contributed by atoms with Gasteiger partial charge in [0, 0.05) is 24.4 Å². The van der Waals surface area contributed by atoms with Gasteiger partial charge in [-0.1, -0.05) is 11.8 Å². The average molecular weight is 360 g/mol. The van der Waals surface area contributed by atoms with Gasteiger partial charge >= 0.3 is 6.09 Å². The number of hydrogen-bond donors (Lipinski definition) is 0. The Morgan fingerprint density at radius 1 is 1.40 bits per heavy atom. The van der Waals surface area contributed by atoms with Crippen LogP contribution < -0.4 is 4.90 Å². The predicted octanol–water partition coefficient (Wildman–Crippen LogP) is 4.01. The second-order valence-electron chi connectivity index (χ2n) is 5.79. The van der Waals surface area contributed by atoms with Crippen molar-refractivity contribution in [3.8, 4) is 11.1 Å². The molecule has 0 aliphatic carbocycles. The Kier molecular flexibility index (Phi) is 5.03. The first-order valence-corrected chi connectivity index (χ1v) is 8.79. The number of benzene rings is 1. The van der Waals surface area contributed by atoms with E-state index in [4.69, 9.17) is 4.74 Å². The van der Waals surface area contributed by atoms with Crippen LogP contribution in [0.4, 0.5) is 14.9 Å². The van der Waals surface area contributed by atoms with E-state index in [9.17, 15) is 14.0 Å². The Morgan fingerprint density at radius 3 is 2.84 bits per heavy atom. The van der Waals surface area contributed by atoms with Gasteiger partial charge in [0.05, 0.1) is 17.9 Å². The van der Waals surface area contributed by atoms with Gasteiger partial charge in [-0.15, -0.1) is 0 Å². The smallest absolute Gasteiger partial charge is 0.414 e. The van der Waals surface area contributed by atoms with E-state index >= 15 is 0 Å². The van der Waals surface area contributed by atoms with Gasteiger partial charge in [-0.05, 0) is 42.8 Å². The molecule has 1 unspecified atom stereocenters. The monoisotopic (exact) mass is 360 g/mol. The van der Waals surface area contributed by atoms with Crippen LogP contribution in [0.25, 0.3) is 11.1 Å². The molecule has 1 atom stereocenters. The lowest BCUT2D eigenvalue weighted by molar-refractivity contribution is -0.109. The molecule has 1 fully saturated rings. The number of pyridine rings is 1. The van der Waals surface area contributed by atoms with Crippen LogP contribution >= 0.6 is 11.8 Å². The van der Waals surface area contributed by atoms with Gasteiger partial charge in [0.2, 0.25) is 0 Å². The second kappa shape index (κ2) is 7.23. The van der Waals surface area contributed by atoms with Crippen molar-refractivity contribution < 1.29 is 18.7 Å². The number of carbonyl (C=O) groups excluding carboxylic acids is 2. The van der Waals surface area contributed by atoms with Crippen molar-refractivity contribution in [3.63, 3.8) is 0 Å². The van der Waals surface area contributed by atoms with Gasteiger partial charge in [0.1, 0.15) is 11.9 Å². The van der Waals surface area contributed by atoms with E-state index in [1.165, 1.54) is 17.9 Å². The van der Waals surface area contributed by atoms with Crippen LogP contribution in [-0.2, 0) is 15.3 Å². The van der Waals surface area contributed by atoms with E-state index in [2.05, 4.69) is 4.98 Å². The molecule has 3 rings (SSSR count). The summed E-state index contributed by atoms with van der Waals surface area (Å²) in [6.07, 6.45) is 0.918. The zero-order valence-corrected chi connectivity index (χ0v) is 14.7. The van der Waals surface area contributed by atoms with Crippen molar-refractivity contribution in [2.45, 2.75) is 25.7 Å². The normalized spacial score (nSPS) is 16.8. The highest BCUT2D eigenvalue weighted by atomic mass is 32.2. The van der Waals surface area contributed by atoms with Crippen LogP contribution in [0.5, 0.6) is 0 Å². The van der Waals surface area contributed by atoms with Gasteiger partial charge in [-0.2, -0.15) is 0 Å². The molecule has 0 bridgehead atoms. The molecule has 1 saturated heterocycles. The largest absolute Gasteiger partial charge is 0.444 e. The van der Waals surface area contributed by atoms with Crippen LogP contribution in [0.2, 0.25) is 0 Å². The van der Waals surface area contributed by atoms with E-state index in [1.54, 1.807) is 37.4 Å². The number of carbonyl (C=O) groups is 2. The minimum absolute atomic E-state index is 0.00876. The van der Waals surface area contributed by atoms with Crippen molar-refractivity contribution in [1.29, 1.82) is 0 Å². The summed E-state index contributed by atoms with van der Waals surface area (Å²) in [5.41, 5.74) is 2.27. The molecule has 0 N–H and O–H groups in total. The Bertz CT molecular complexity index is 828.